The number of thiophene rings is 1. The van der Waals surface area contributed by atoms with Crippen LogP contribution < -0.4 is 10.6 Å². The zero-order chi connectivity index (χ0) is 16.3. The van der Waals surface area contributed by atoms with Crippen molar-refractivity contribution in [2.24, 2.45) is 0 Å². The third-order valence-corrected chi connectivity index (χ3v) is 5.87. The van der Waals surface area contributed by atoms with Crippen molar-refractivity contribution in [1.82, 2.24) is 20.2 Å². The van der Waals surface area contributed by atoms with Crippen LogP contribution in [0.25, 0.3) is 21.7 Å². The van der Waals surface area contributed by atoms with Gasteiger partial charge in [-0.2, -0.15) is 0 Å². The first-order valence-corrected chi connectivity index (χ1v) is 8.83. The van der Waals surface area contributed by atoms with E-state index >= 15 is 0 Å². The Hall–Kier alpha value is -2.25. The second-order valence-electron chi connectivity index (χ2n) is 6.15. The monoisotopic (exact) mass is 342 g/mol. The van der Waals surface area contributed by atoms with Crippen LogP contribution in [0, 0.1) is 5.82 Å². The van der Waals surface area contributed by atoms with E-state index in [4.69, 9.17) is 0 Å². The average Bonchev–Trinajstić information content (AvgIpc) is 3.10. The van der Waals surface area contributed by atoms with Gasteiger partial charge >= 0.3 is 0 Å². The fourth-order valence-corrected chi connectivity index (χ4v) is 4.73. The first-order valence-electron chi connectivity index (χ1n) is 8.01. The van der Waals surface area contributed by atoms with E-state index in [2.05, 4.69) is 21.7 Å². The molecule has 2 aliphatic rings. The van der Waals surface area contributed by atoms with Gasteiger partial charge in [-0.25, -0.2) is 9.37 Å². The number of benzene rings is 1. The summed E-state index contributed by atoms with van der Waals surface area (Å²) in [6.45, 7) is 3.03. The summed E-state index contributed by atoms with van der Waals surface area (Å²) in [5.74, 6) is 0.160. The lowest BCUT2D eigenvalue weighted by atomic mass is 10.1. The molecule has 1 amide bonds. The molecule has 2 aliphatic heterocycles. The summed E-state index contributed by atoms with van der Waals surface area (Å²) < 4.78 is 16.0. The summed E-state index contributed by atoms with van der Waals surface area (Å²) in [5, 5.41) is 6.21. The highest BCUT2D eigenvalue weighted by Gasteiger charge is 2.24. The molecule has 0 fully saturated rings. The van der Waals surface area contributed by atoms with E-state index in [1.807, 2.05) is 4.57 Å². The summed E-state index contributed by atoms with van der Waals surface area (Å²) in [7, 11) is 0. The summed E-state index contributed by atoms with van der Waals surface area (Å²) in [6, 6.07) is 4.88. The van der Waals surface area contributed by atoms with Gasteiger partial charge in [-0.1, -0.05) is 0 Å². The smallest absolute Gasteiger partial charge is 0.253 e. The third-order valence-electron chi connectivity index (χ3n) is 4.63. The zero-order valence-corrected chi connectivity index (χ0v) is 13.7. The van der Waals surface area contributed by atoms with Crippen molar-refractivity contribution in [3.05, 3.63) is 40.0 Å². The van der Waals surface area contributed by atoms with Crippen molar-refractivity contribution in [3.8, 4) is 10.7 Å². The van der Waals surface area contributed by atoms with E-state index in [-0.39, 0.29) is 5.91 Å². The number of nitrogens with zero attached hydrogens (tertiary/aromatic N) is 2. The summed E-state index contributed by atoms with van der Waals surface area (Å²) in [4.78, 5) is 19.4. The van der Waals surface area contributed by atoms with Gasteiger partial charge in [-0.3, -0.25) is 4.79 Å². The van der Waals surface area contributed by atoms with Gasteiger partial charge in [0.1, 0.15) is 5.82 Å². The van der Waals surface area contributed by atoms with Crippen LogP contribution in [0.2, 0.25) is 0 Å². The number of imidazole rings is 1. The van der Waals surface area contributed by atoms with Gasteiger partial charge in [0.05, 0.1) is 21.5 Å². The molecule has 1 aromatic carbocycles. The normalized spacial score (nSPS) is 16.8. The molecule has 24 heavy (non-hydrogen) atoms. The van der Waals surface area contributed by atoms with Crippen molar-refractivity contribution >= 4 is 28.3 Å². The quantitative estimate of drug-likeness (QED) is 0.713. The molecule has 2 N–H and O–H groups in total. The van der Waals surface area contributed by atoms with Gasteiger partial charge < -0.3 is 15.2 Å². The van der Waals surface area contributed by atoms with Crippen LogP contribution in [0.1, 0.15) is 20.8 Å². The fourth-order valence-electron chi connectivity index (χ4n) is 3.55. The van der Waals surface area contributed by atoms with E-state index in [0.29, 0.717) is 24.2 Å². The van der Waals surface area contributed by atoms with Gasteiger partial charge in [-0.15, -0.1) is 11.3 Å². The Labute approximate surface area is 141 Å². The molecule has 5 rings (SSSR count). The predicted molar refractivity (Wildman–Crippen MR) is 90.7 cm³/mol. The molecule has 0 bridgehead atoms. The molecule has 0 spiro atoms. The molecule has 2 aromatic heterocycles. The molecule has 0 radical (unpaired) electrons. The number of hydrogen-bond acceptors (Lipinski definition) is 4. The van der Waals surface area contributed by atoms with Crippen LogP contribution >= 0.6 is 11.3 Å². The summed E-state index contributed by atoms with van der Waals surface area (Å²) in [5.41, 5.74) is 2.95. The molecule has 7 heteroatoms. The second kappa shape index (κ2) is 5.12. The van der Waals surface area contributed by atoms with Crippen LogP contribution in [0.5, 0.6) is 0 Å². The molecule has 0 saturated carbocycles. The van der Waals surface area contributed by atoms with Crippen molar-refractivity contribution in [1.29, 1.82) is 0 Å². The molecule has 122 valence electrons. The SMILES string of the molecule is O=C1NCCn2c(-c3cc4c(s3)CCNC4)nc3cc(F)cc1c32. The highest BCUT2D eigenvalue weighted by molar-refractivity contribution is 7.15. The lowest BCUT2D eigenvalue weighted by molar-refractivity contribution is 0.0956. The van der Waals surface area contributed by atoms with E-state index in [1.54, 1.807) is 11.3 Å². The largest absolute Gasteiger partial charge is 0.350 e. The number of amides is 1. The Bertz CT molecular complexity index is 967. The molecule has 3 aromatic rings. The van der Waals surface area contributed by atoms with E-state index in [9.17, 15) is 9.18 Å². The molecular weight excluding hydrogens is 327 g/mol. The molecule has 0 aliphatic carbocycles. The molecule has 0 unspecified atom stereocenters. The number of nitrogens with one attached hydrogen (secondary N) is 2. The zero-order valence-electron chi connectivity index (χ0n) is 12.9. The van der Waals surface area contributed by atoms with Crippen LogP contribution in [-0.4, -0.2) is 28.5 Å². The van der Waals surface area contributed by atoms with Gasteiger partial charge in [0, 0.05) is 37.1 Å². The Kier molecular flexibility index (Phi) is 3.01. The molecule has 0 atom stereocenters. The third kappa shape index (κ3) is 2.01. The van der Waals surface area contributed by atoms with Crippen LogP contribution in [0.3, 0.4) is 0 Å². The maximum absolute atomic E-state index is 13.9. The number of fused-ring (bicyclic) bond motifs is 1. The van der Waals surface area contributed by atoms with E-state index < -0.39 is 5.82 Å². The highest BCUT2D eigenvalue weighted by atomic mass is 32.1. The Balaban J connectivity index is 1.77. The Morgan fingerprint density at radius 1 is 1.25 bits per heavy atom. The summed E-state index contributed by atoms with van der Waals surface area (Å²) >= 11 is 1.75. The lowest BCUT2D eigenvalue weighted by Crippen LogP contribution is -2.24. The topological polar surface area (TPSA) is 59.0 Å². The maximum Gasteiger partial charge on any atom is 0.253 e. The molecule has 0 saturated heterocycles. The average molecular weight is 342 g/mol. The number of rotatable bonds is 1. The van der Waals surface area contributed by atoms with Gasteiger partial charge in [0.2, 0.25) is 0 Å². The first-order chi connectivity index (χ1) is 11.7. The van der Waals surface area contributed by atoms with Gasteiger partial charge in [0.25, 0.3) is 5.91 Å². The molecule has 4 heterocycles. The van der Waals surface area contributed by atoms with Gasteiger partial charge in [0.15, 0.2) is 5.82 Å². The highest BCUT2D eigenvalue weighted by Crippen LogP contribution is 2.35. The van der Waals surface area contributed by atoms with Crippen LogP contribution in [-0.2, 0) is 19.5 Å². The van der Waals surface area contributed by atoms with E-state index in [0.717, 1.165) is 35.7 Å². The van der Waals surface area contributed by atoms with Crippen molar-refractivity contribution in [2.75, 3.05) is 13.1 Å². The summed E-state index contributed by atoms with van der Waals surface area (Å²) in [6.07, 6.45) is 1.03. The van der Waals surface area contributed by atoms with Gasteiger partial charge in [-0.05, 0) is 24.1 Å². The minimum atomic E-state index is -0.430. The maximum atomic E-state index is 13.9. The standard InChI is InChI=1S/C17H15FN4OS/c18-10-6-11-15-12(7-10)21-16(22(15)4-3-20-17(11)23)14-5-9-8-19-2-1-13(9)24-14/h5-7,19H,1-4,8H2,(H,20,23). The number of carbonyl (C=O) groups is 1. The second-order valence-corrected chi connectivity index (χ2v) is 7.29. The van der Waals surface area contributed by atoms with E-state index in [1.165, 1.54) is 22.6 Å². The van der Waals surface area contributed by atoms with Crippen molar-refractivity contribution in [3.63, 3.8) is 0 Å². The number of hydrogen-bond donors (Lipinski definition) is 2. The molecular formula is C17H15FN4OS. The number of carbonyl (C=O) groups excluding carboxylic acids is 1. The first kappa shape index (κ1) is 14.1. The Morgan fingerprint density at radius 2 is 2.17 bits per heavy atom. The number of aromatic nitrogens is 2. The van der Waals surface area contributed by atoms with Crippen LogP contribution in [0.15, 0.2) is 18.2 Å². The minimum absolute atomic E-state index is 0.237. The fraction of sp³-hybridized carbons (Fsp3) is 0.294. The van der Waals surface area contributed by atoms with Crippen molar-refractivity contribution in [2.45, 2.75) is 19.5 Å². The van der Waals surface area contributed by atoms with Crippen LogP contribution in [0.4, 0.5) is 4.39 Å². The number of halogens is 1. The lowest BCUT2D eigenvalue weighted by Gasteiger charge is -2.10. The molecule has 5 nitrogen and oxygen atoms in total. The Morgan fingerprint density at radius 3 is 3.04 bits per heavy atom. The minimum Gasteiger partial charge on any atom is -0.350 e. The predicted octanol–water partition coefficient (Wildman–Crippen LogP) is 2.29. The van der Waals surface area contributed by atoms with Crippen molar-refractivity contribution < 1.29 is 9.18 Å².